The lowest BCUT2D eigenvalue weighted by molar-refractivity contribution is -0.190. The number of hydrogen-bond donors (Lipinski definition) is 1. The molecule has 160 valence electrons. The summed E-state index contributed by atoms with van der Waals surface area (Å²) < 4.78 is 24.8. The number of ether oxygens (including phenoxy) is 4. The number of rotatable bonds is 5. The Hall–Kier alpha value is -3.26. The zero-order chi connectivity index (χ0) is 21.6. The van der Waals surface area contributed by atoms with Crippen LogP contribution in [0.5, 0.6) is 5.75 Å². The Morgan fingerprint density at radius 1 is 1.16 bits per heavy atom. The number of nitrogens with zero attached hydrogens (tertiary/aromatic N) is 5. The molecule has 10 heteroatoms. The second-order valence-corrected chi connectivity index (χ2v) is 7.89. The Morgan fingerprint density at radius 2 is 1.94 bits per heavy atom. The highest BCUT2D eigenvalue weighted by molar-refractivity contribution is 5.82. The Bertz CT molecular complexity index is 1140. The van der Waals surface area contributed by atoms with Gasteiger partial charge in [0.1, 0.15) is 24.3 Å². The van der Waals surface area contributed by atoms with Crippen molar-refractivity contribution in [2.45, 2.75) is 50.7 Å². The summed E-state index contributed by atoms with van der Waals surface area (Å²) in [5.41, 5.74) is 2.27. The molecule has 1 N–H and O–H groups in total. The molecule has 1 unspecified atom stereocenters. The Labute approximate surface area is 178 Å². The topological polar surface area (TPSA) is 116 Å². The van der Waals surface area contributed by atoms with E-state index in [0.717, 1.165) is 11.3 Å². The Morgan fingerprint density at radius 3 is 2.68 bits per heavy atom. The average Bonchev–Trinajstić information content (AvgIpc) is 3.43. The van der Waals surface area contributed by atoms with Crippen molar-refractivity contribution in [2.24, 2.45) is 0 Å². The summed E-state index contributed by atoms with van der Waals surface area (Å²) in [6, 6.07) is 9.94. The summed E-state index contributed by atoms with van der Waals surface area (Å²) in [7, 11) is 1.64. The van der Waals surface area contributed by atoms with Crippen LogP contribution in [-0.4, -0.2) is 50.7 Å². The monoisotopic (exact) mass is 422 g/mol. The molecule has 0 saturated carbocycles. The lowest BCUT2D eigenvalue weighted by Crippen LogP contribution is -2.28. The van der Waals surface area contributed by atoms with Crippen LogP contribution in [0.2, 0.25) is 0 Å². The third-order valence-corrected chi connectivity index (χ3v) is 5.41. The highest BCUT2D eigenvalue weighted by Gasteiger charge is 2.56. The fourth-order valence-corrected chi connectivity index (χ4v) is 4.00. The molecule has 2 aliphatic heterocycles. The molecule has 4 heterocycles. The van der Waals surface area contributed by atoms with Gasteiger partial charge in [-0.1, -0.05) is 12.1 Å². The van der Waals surface area contributed by atoms with E-state index in [1.165, 1.54) is 6.33 Å². The van der Waals surface area contributed by atoms with E-state index >= 15 is 0 Å². The smallest absolute Gasteiger partial charge is 0.175 e. The van der Waals surface area contributed by atoms with Crippen LogP contribution in [0.1, 0.15) is 25.6 Å². The van der Waals surface area contributed by atoms with Crippen LogP contribution in [0.3, 0.4) is 0 Å². The molecule has 0 amide bonds. The van der Waals surface area contributed by atoms with Crippen molar-refractivity contribution < 1.29 is 18.9 Å². The molecule has 5 rings (SSSR count). The fourth-order valence-electron chi connectivity index (χ4n) is 4.00. The average molecular weight is 422 g/mol. The van der Waals surface area contributed by atoms with Crippen molar-refractivity contribution in [3.8, 4) is 11.8 Å². The largest absolute Gasteiger partial charge is 0.497 e. The molecule has 4 atom stereocenters. The summed E-state index contributed by atoms with van der Waals surface area (Å²) in [4.78, 5) is 13.2. The van der Waals surface area contributed by atoms with Crippen LogP contribution < -0.4 is 10.1 Å². The lowest BCUT2D eigenvalue weighted by Gasteiger charge is -2.23. The molecule has 3 aromatic rings. The van der Waals surface area contributed by atoms with E-state index in [-0.39, 0.29) is 0 Å². The molecule has 0 radical (unpaired) electrons. The van der Waals surface area contributed by atoms with Crippen molar-refractivity contribution in [1.82, 2.24) is 19.5 Å². The molecule has 2 fully saturated rings. The van der Waals surface area contributed by atoms with Crippen molar-refractivity contribution in [3.63, 3.8) is 0 Å². The Kier molecular flexibility index (Phi) is 4.74. The summed E-state index contributed by atoms with van der Waals surface area (Å²) in [5, 5.41) is 12.8. The number of hydrogen-bond acceptors (Lipinski definition) is 9. The molecule has 31 heavy (non-hydrogen) atoms. The van der Waals surface area contributed by atoms with E-state index < -0.39 is 30.3 Å². The first-order valence-corrected chi connectivity index (χ1v) is 9.94. The van der Waals surface area contributed by atoms with Gasteiger partial charge in [0.2, 0.25) is 0 Å². The molecule has 0 aliphatic carbocycles. The van der Waals surface area contributed by atoms with Gasteiger partial charge in [0, 0.05) is 6.54 Å². The van der Waals surface area contributed by atoms with Gasteiger partial charge in [-0.3, -0.25) is 4.57 Å². The van der Waals surface area contributed by atoms with Crippen molar-refractivity contribution >= 4 is 17.0 Å². The van der Waals surface area contributed by atoms with E-state index in [1.807, 2.05) is 38.1 Å². The highest BCUT2D eigenvalue weighted by atomic mass is 16.8. The predicted octanol–water partition coefficient (Wildman–Crippen LogP) is 2.39. The van der Waals surface area contributed by atoms with Crippen LogP contribution in [0.15, 0.2) is 36.9 Å². The molecule has 0 bridgehead atoms. The number of aromatic nitrogens is 4. The standard InChI is InChI=1S/C21H22N6O4/c1-21(2)30-16-14(8-22)29-20(17(16)31-21)27-11-26-15-18(24-10-25-19(15)27)23-9-12-4-6-13(28-3)7-5-12/h4-7,10-11,14,16-17,20H,9H2,1-3H3,(H,23,24,25)/t14-,16?,17+,20-/m1/s1. The van der Waals surface area contributed by atoms with Crippen LogP contribution in [0.4, 0.5) is 5.82 Å². The molecule has 2 saturated heterocycles. The van der Waals surface area contributed by atoms with Gasteiger partial charge in [0.05, 0.1) is 19.5 Å². The molecular formula is C21H22N6O4. The number of imidazole rings is 1. The van der Waals surface area contributed by atoms with Gasteiger partial charge in [0.25, 0.3) is 0 Å². The first-order valence-electron chi connectivity index (χ1n) is 9.94. The Balaban J connectivity index is 1.41. The highest BCUT2D eigenvalue weighted by Crippen LogP contribution is 2.43. The van der Waals surface area contributed by atoms with Crippen LogP contribution in [0, 0.1) is 11.3 Å². The first kappa shape index (κ1) is 19.7. The molecule has 0 spiro atoms. The number of fused-ring (bicyclic) bond motifs is 2. The van der Waals surface area contributed by atoms with Gasteiger partial charge in [0.15, 0.2) is 35.1 Å². The fraction of sp³-hybridized carbons (Fsp3) is 0.429. The molecular weight excluding hydrogens is 400 g/mol. The first-order chi connectivity index (χ1) is 15.0. The van der Waals surface area contributed by atoms with Crippen molar-refractivity contribution in [3.05, 3.63) is 42.5 Å². The maximum atomic E-state index is 9.49. The van der Waals surface area contributed by atoms with E-state index in [4.69, 9.17) is 18.9 Å². The quantitative estimate of drug-likeness (QED) is 0.661. The zero-order valence-corrected chi connectivity index (χ0v) is 17.3. The second kappa shape index (κ2) is 7.46. The van der Waals surface area contributed by atoms with Crippen LogP contribution in [0.25, 0.3) is 11.2 Å². The zero-order valence-electron chi connectivity index (χ0n) is 17.3. The molecule has 10 nitrogen and oxygen atoms in total. The molecule has 1 aromatic carbocycles. The normalized spacial score (nSPS) is 26.5. The minimum absolute atomic E-state index is 0.442. The van der Waals surface area contributed by atoms with Crippen LogP contribution >= 0.6 is 0 Å². The third kappa shape index (κ3) is 3.46. The van der Waals surface area contributed by atoms with E-state index in [0.29, 0.717) is 23.5 Å². The van der Waals surface area contributed by atoms with Crippen molar-refractivity contribution in [2.75, 3.05) is 12.4 Å². The summed E-state index contributed by atoms with van der Waals surface area (Å²) >= 11 is 0. The number of anilines is 1. The van der Waals surface area contributed by atoms with Gasteiger partial charge in [-0.2, -0.15) is 5.26 Å². The van der Waals surface area contributed by atoms with Gasteiger partial charge in [-0.15, -0.1) is 0 Å². The SMILES string of the molecule is COc1ccc(CNc2ncnc3c2ncn3[C@@H]2O[C@H](C#N)C3OC(C)(C)O[C@@H]32)cc1. The molecule has 2 aromatic heterocycles. The van der Waals surface area contributed by atoms with E-state index in [9.17, 15) is 5.26 Å². The van der Waals surface area contributed by atoms with Crippen LogP contribution in [-0.2, 0) is 20.8 Å². The van der Waals surface area contributed by atoms with Crippen molar-refractivity contribution in [1.29, 1.82) is 5.26 Å². The summed E-state index contributed by atoms with van der Waals surface area (Å²) in [6.07, 6.45) is 0.879. The van der Waals surface area contributed by atoms with Gasteiger partial charge in [-0.25, -0.2) is 15.0 Å². The summed E-state index contributed by atoms with van der Waals surface area (Å²) in [6.45, 7) is 4.22. The van der Waals surface area contributed by atoms with E-state index in [2.05, 4.69) is 26.3 Å². The maximum absolute atomic E-state index is 9.49. The van der Waals surface area contributed by atoms with Gasteiger partial charge >= 0.3 is 0 Å². The number of nitriles is 1. The molecule has 2 aliphatic rings. The minimum Gasteiger partial charge on any atom is -0.497 e. The van der Waals surface area contributed by atoms with E-state index in [1.54, 1.807) is 18.0 Å². The minimum atomic E-state index is -0.789. The van der Waals surface area contributed by atoms with Gasteiger partial charge in [-0.05, 0) is 31.5 Å². The number of benzene rings is 1. The lowest BCUT2D eigenvalue weighted by atomic mass is 10.1. The number of methoxy groups -OCH3 is 1. The maximum Gasteiger partial charge on any atom is 0.175 e. The second-order valence-electron chi connectivity index (χ2n) is 7.89. The predicted molar refractivity (Wildman–Crippen MR) is 109 cm³/mol. The number of nitrogens with one attached hydrogen (secondary N) is 1. The third-order valence-electron chi connectivity index (χ3n) is 5.41. The van der Waals surface area contributed by atoms with Gasteiger partial charge < -0.3 is 24.3 Å². The summed E-state index contributed by atoms with van der Waals surface area (Å²) in [5.74, 6) is 0.622.